The lowest BCUT2D eigenvalue weighted by Gasteiger charge is -2.33. The van der Waals surface area contributed by atoms with E-state index in [4.69, 9.17) is 4.74 Å². The minimum absolute atomic E-state index is 0.138. The molecule has 2 aromatic carbocycles. The van der Waals surface area contributed by atoms with Crippen molar-refractivity contribution in [3.8, 4) is 0 Å². The van der Waals surface area contributed by atoms with Gasteiger partial charge in [0.1, 0.15) is 18.2 Å². The maximum Gasteiger partial charge on any atom is 0.407 e. The van der Waals surface area contributed by atoms with Crippen molar-refractivity contribution < 1.29 is 14.6 Å². The molecular formula is C16H15NO3. The van der Waals surface area contributed by atoms with Gasteiger partial charge in [-0.05, 0) is 11.1 Å². The standard InChI is InChI=1S/C16H15NO3/c18-15-17-14(11-20-15)16(19,12-7-3-1-4-8-12)13-9-5-2-6-10-13/h1-10,14,19H,11H2,(H,17,18)/t14-/m0/s1. The topological polar surface area (TPSA) is 58.6 Å². The van der Waals surface area contributed by atoms with Crippen LogP contribution in [0.1, 0.15) is 11.1 Å². The number of hydrogen-bond acceptors (Lipinski definition) is 3. The van der Waals surface area contributed by atoms with E-state index >= 15 is 0 Å². The number of amides is 1. The van der Waals surface area contributed by atoms with E-state index in [1.54, 1.807) is 0 Å². The maximum absolute atomic E-state index is 11.3. The monoisotopic (exact) mass is 269 g/mol. The zero-order valence-corrected chi connectivity index (χ0v) is 10.8. The summed E-state index contributed by atoms with van der Waals surface area (Å²) in [7, 11) is 0. The summed E-state index contributed by atoms with van der Waals surface area (Å²) in [5, 5.41) is 14.0. The zero-order valence-electron chi connectivity index (χ0n) is 10.8. The van der Waals surface area contributed by atoms with Crippen LogP contribution in [0.25, 0.3) is 0 Å². The van der Waals surface area contributed by atoms with E-state index in [1.807, 2.05) is 60.7 Å². The molecular weight excluding hydrogens is 254 g/mol. The molecule has 2 N–H and O–H groups in total. The molecule has 4 nitrogen and oxygen atoms in total. The van der Waals surface area contributed by atoms with Crippen molar-refractivity contribution in [3.63, 3.8) is 0 Å². The number of cyclic esters (lactones) is 1. The lowest BCUT2D eigenvalue weighted by atomic mass is 9.80. The predicted octanol–water partition coefficient (Wildman–Crippen LogP) is 2.03. The van der Waals surface area contributed by atoms with E-state index in [2.05, 4.69) is 5.32 Å². The van der Waals surface area contributed by atoms with Gasteiger partial charge < -0.3 is 15.2 Å². The molecule has 0 aliphatic carbocycles. The molecule has 3 rings (SSSR count). The highest BCUT2D eigenvalue weighted by Crippen LogP contribution is 2.34. The highest BCUT2D eigenvalue weighted by Gasteiger charge is 2.44. The number of carbonyl (C=O) groups is 1. The summed E-state index contributed by atoms with van der Waals surface area (Å²) >= 11 is 0. The van der Waals surface area contributed by atoms with Crippen LogP contribution in [0.2, 0.25) is 0 Å². The Morgan fingerprint density at radius 3 is 1.90 bits per heavy atom. The van der Waals surface area contributed by atoms with Crippen LogP contribution in [-0.4, -0.2) is 23.8 Å². The highest BCUT2D eigenvalue weighted by molar-refractivity contribution is 5.70. The van der Waals surface area contributed by atoms with E-state index in [0.29, 0.717) is 0 Å². The zero-order chi connectivity index (χ0) is 14.0. The summed E-state index contributed by atoms with van der Waals surface area (Å²) in [5.41, 5.74) is 0.137. The number of alkyl carbamates (subject to hydrolysis) is 1. The van der Waals surface area contributed by atoms with Crippen LogP contribution in [-0.2, 0) is 10.3 Å². The number of nitrogens with one attached hydrogen (secondary N) is 1. The van der Waals surface area contributed by atoms with Gasteiger partial charge in [0.15, 0.2) is 0 Å². The second-order valence-electron chi connectivity index (χ2n) is 4.79. The van der Waals surface area contributed by atoms with Crippen LogP contribution in [0.3, 0.4) is 0 Å². The van der Waals surface area contributed by atoms with Crippen LogP contribution >= 0.6 is 0 Å². The maximum atomic E-state index is 11.3. The smallest absolute Gasteiger partial charge is 0.407 e. The Balaban J connectivity index is 2.10. The third-order valence-corrected chi connectivity index (χ3v) is 3.61. The third kappa shape index (κ3) is 2.04. The van der Waals surface area contributed by atoms with Crippen LogP contribution in [0.5, 0.6) is 0 Å². The molecule has 1 atom stereocenters. The lowest BCUT2D eigenvalue weighted by molar-refractivity contribution is 0.0397. The molecule has 0 unspecified atom stereocenters. The fourth-order valence-corrected chi connectivity index (χ4v) is 2.56. The van der Waals surface area contributed by atoms with Crippen molar-refractivity contribution >= 4 is 6.09 Å². The third-order valence-electron chi connectivity index (χ3n) is 3.61. The Hall–Kier alpha value is -2.33. The van der Waals surface area contributed by atoms with Crippen LogP contribution in [0.4, 0.5) is 4.79 Å². The van der Waals surface area contributed by atoms with Crippen molar-refractivity contribution in [3.05, 3.63) is 71.8 Å². The lowest BCUT2D eigenvalue weighted by Crippen LogP contribution is -2.48. The largest absolute Gasteiger partial charge is 0.447 e. The molecule has 102 valence electrons. The first kappa shape index (κ1) is 12.7. The molecule has 0 radical (unpaired) electrons. The van der Waals surface area contributed by atoms with Crippen LogP contribution in [0.15, 0.2) is 60.7 Å². The minimum Gasteiger partial charge on any atom is -0.447 e. The summed E-state index contributed by atoms with van der Waals surface area (Å²) in [6, 6.07) is 18.1. The molecule has 0 aromatic heterocycles. The molecule has 1 aliphatic rings. The Morgan fingerprint density at radius 2 is 1.50 bits per heavy atom. The van der Waals surface area contributed by atoms with E-state index in [0.717, 1.165) is 11.1 Å². The van der Waals surface area contributed by atoms with Gasteiger partial charge in [0.25, 0.3) is 0 Å². The van der Waals surface area contributed by atoms with E-state index in [1.165, 1.54) is 0 Å². The molecule has 20 heavy (non-hydrogen) atoms. The summed E-state index contributed by atoms with van der Waals surface area (Å²) in [4.78, 5) is 11.3. The Kier molecular flexibility index (Phi) is 3.16. The quantitative estimate of drug-likeness (QED) is 0.896. The van der Waals surface area contributed by atoms with Gasteiger partial charge in [-0.25, -0.2) is 4.79 Å². The van der Waals surface area contributed by atoms with Crippen molar-refractivity contribution in [2.45, 2.75) is 11.6 Å². The van der Waals surface area contributed by atoms with Gasteiger partial charge in [0.05, 0.1) is 0 Å². The van der Waals surface area contributed by atoms with E-state index in [-0.39, 0.29) is 6.61 Å². The fourth-order valence-electron chi connectivity index (χ4n) is 2.56. The van der Waals surface area contributed by atoms with Gasteiger partial charge >= 0.3 is 6.09 Å². The van der Waals surface area contributed by atoms with Crippen molar-refractivity contribution in [2.75, 3.05) is 6.61 Å². The predicted molar refractivity (Wildman–Crippen MR) is 74.2 cm³/mol. The minimum atomic E-state index is -1.31. The molecule has 0 saturated carbocycles. The molecule has 1 amide bonds. The molecule has 0 bridgehead atoms. The van der Waals surface area contributed by atoms with Crippen molar-refractivity contribution in [2.24, 2.45) is 0 Å². The van der Waals surface area contributed by atoms with Gasteiger partial charge in [-0.1, -0.05) is 60.7 Å². The molecule has 1 saturated heterocycles. The number of rotatable bonds is 3. The highest BCUT2D eigenvalue weighted by atomic mass is 16.6. The summed E-state index contributed by atoms with van der Waals surface area (Å²) in [6.45, 7) is 0.138. The molecule has 0 spiro atoms. The van der Waals surface area contributed by atoms with Gasteiger partial charge in [-0.15, -0.1) is 0 Å². The van der Waals surface area contributed by atoms with E-state index < -0.39 is 17.7 Å². The second-order valence-corrected chi connectivity index (χ2v) is 4.79. The number of carbonyl (C=O) groups excluding carboxylic acids is 1. The first-order chi connectivity index (χ1) is 9.71. The Bertz CT molecular complexity index is 558. The average Bonchev–Trinajstić information content (AvgIpc) is 2.95. The first-order valence-electron chi connectivity index (χ1n) is 6.48. The van der Waals surface area contributed by atoms with E-state index in [9.17, 15) is 9.90 Å². The second kappa shape index (κ2) is 4.98. The SMILES string of the molecule is O=C1N[C@H](C(O)(c2ccccc2)c2ccccc2)CO1. The summed E-state index contributed by atoms with van der Waals surface area (Å²) in [5.74, 6) is 0. The molecule has 2 aromatic rings. The van der Waals surface area contributed by atoms with Gasteiger partial charge in [0, 0.05) is 0 Å². The first-order valence-corrected chi connectivity index (χ1v) is 6.48. The molecule has 1 fully saturated rings. The number of hydrogen-bond donors (Lipinski definition) is 2. The Labute approximate surface area is 117 Å². The number of benzene rings is 2. The number of ether oxygens (including phenoxy) is 1. The molecule has 1 heterocycles. The van der Waals surface area contributed by atoms with Gasteiger partial charge in [-0.2, -0.15) is 0 Å². The molecule has 4 heteroatoms. The van der Waals surface area contributed by atoms with Gasteiger partial charge in [0.2, 0.25) is 0 Å². The number of aliphatic hydroxyl groups is 1. The van der Waals surface area contributed by atoms with Gasteiger partial charge in [-0.3, -0.25) is 0 Å². The normalized spacial score (nSPS) is 18.4. The summed E-state index contributed by atoms with van der Waals surface area (Å²) in [6.07, 6.45) is -0.500. The fraction of sp³-hybridized carbons (Fsp3) is 0.188. The molecule has 1 aliphatic heterocycles. The Morgan fingerprint density at radius 1 is 1.00 bits per heavy atom. The van der Waals surface area contributed by atoms with Crippen molar-refractivity contribution in [1.29, 1.82) is 0 Å². The summed E-state index contributed by atoms with van der Waals surface area (Å²) < 4.78 is 4.94. The van der Waals surface area contributed by atoms with Crippen molar-refractivity contribution in [1.82, 2.24) is 5.32 Å². The van der Waals surface area contributed by atoms with Crippen LogP contribution < -0.4 is 5.32 Å². The average molecular weight is 269 g/mol. The van der Waals surface area contributed by atoms with Crippen LogP contribution in [0, 0.1) is 0 Å².